The van der Waals surface area contributed by atoms with Crippen molar-refractivity contribution < 1.29 is 14.3 Å². The van der Waals surface area contributed by atoms with Gasteiger partial charge in [-0.05, 0) is 6.42 Å². The van der Waals surface area contributed by atoms with E-state index in [0.717, 1.165) is 19.4 Å². The first-order valence-electron chi connectivity index (χ1n) is 4.18. The van der Waals surface area contributed by atoms with Crippen LogP contribution >= 0.6 is 0 Å². The highest BCUT2D eigenvalue weighted by molar-refractivity contribution is 4.37. The molecule has 0 saturated carbocycles. The van der Waals surface area contributed by atoms with Crippen LogP contribution in [0.1, 0.15) is 19.8 Å². The molecule has 0 aromatic heterocycles. The van der Waals surface area contributed by atoms with Crippen LogP contribution in [0.15, 0.2) is 0 Å². The molecule has 0 rings (SSSR count). The average Bonchev–Trinajstić information content (AvgIpc) is 2.10. The molecule has 0 aliphatic rings. The van der Waals surface area contributed by atoms with Gasteiger partial charge in [-0.25, -0.2) is 4.84 Å². The number of rotatable bonds is 7. The van der Waals surface area contributed by atoms with Crippen LogP contribution in [-0.4, -0.2) is 39.4 Å². The Hall–Kier alpha value is -0.160. The first-order valence-corrected chi connectivity index (χ1v) is 4.18. The van der Waals surface area contributed by atoms with Gasteiger partial charge in [-0.1, -0.05) is 13.3 Å². The Balaban J connectivity index is 3.44. The zero-order chi connectivity index (χ0) is 9.40. The molecule has 0 saturated heterocycles. The number of nitrogens with zero attached hydrogens (tertiary/aromatic N) is 1. The Kier molecular flexibility index (Phi) is 7.39. The molecular formula is C8H19NO3. The van der Waals surface area contributed by atoms with Crippen molar-refractivity contribution in [2.75, 3.05) is 27.8 Å². The predicted octanol–water partition coefficient (Wildman–Crippen LogP) is 1.23. The van der Waals surface area contributed by atoms with Crippen LogP contribution in [0.5, 0.6) is 0 Å². The molecule has 0 radical (unpaired) electrons. The lowest BCUT2D eigenvalue weighted by Gasteiger charge is -2.21. The van der Waals surface area contributed by atoms with Crippen molar-refractivity contribution in [3.8, 4) is 0 Å². The predicted molar refractivity (Wildman–Crippen MR) is 46.4 cm³/mol. The van der Waals surface area contributed by atoms with Gasteiger partial charge in [0.25, 0.3) is 6.48 Å². The number of hydroxylamine groups is 2. The fraction of sp³-hybridized carbons (Fsp3) is 1.00. The van der Waals surface area contributed by atoms with Gasteiger partial charge in [-0.3, -0.25) is 0 Å². The van der Waals surface area contributed by atoms with E-state index in [1.807, 2.05) is 7.05 Å². The van der Waals surface area contributed by atoms with Gasteiger partial charge in [0.05, 0.1) is 0 Å². The number of hydrogen-bond donors (Lipinski definition) is 0. The molecule has 0 aliphatic carbocycles. The van der Waals surface area contributed by atoms with Crippen molar-refractivity contribution in [3.63, 3.8) is 0 Å². The summed E-state index contributed by atoms with van der Waals surface area (Å²) in [4.78, 5) is 5.24. The number of hydrogen-bond acceptors (Lipinski definition) is 4. The molecule has 0 N–H and O–H groups in total. The highest BCUT2D eigenvalue weighted by Gasteiger charge is 2.08. The van der Waals surface area contributed by atoms with Crippen LogP contribution < -0.4 is 0 Å². The monoisotopic (exact) mass is 177 g/mol. The fourth-order valence-electron chi connectivity index (χ4n) is 0.763. The highest BCUT2D eigenvalue weighted by Crippen LogP contribution is 1.99. The van der Waals surface area contributed by atoms with E-state index < -0.39 is 6.48 Å². The van der Waals surface area contributed by atoms with Crippen LogP contribution in [0.4, 0.5) is 0 Å². The Bertz CT molecular complexity index is 96.3. The zero-order valence-electron chi connectivity index (χ0n) is 8.37. The summed E-state index contributed by atoms with van der Waals surface area (Å²) in [5, 5.41) is 1.72. The van der Waals surface area contributed by atoms with Crippen LogP contribution in [0.25, 0.3) is 0 Å². The molecule has 0 fully saturated rings. The summed E-state index contributed by atoms with van der Waals surface area (Å²) in [7, 11) is 4.95. The van der Waals surface area contributed by atoms with Gasteiger partial charge in [0, 0.05) is 27.8 Å². The molecule has 12 heavy (non-hydrogen) atoms. The molecule has 0 aromatic rings. The summed E-state index contributed by atoms with van der Waals surface area (Å²) >= 11 is 0. The molecule has 0 bridgehead atoms. The molecule has 0 aliphatic heterocycles. The summed E-state index contributed by atoms with van der Waals surface area (Å²) in [5.41, 5.74) is 0. The second-order valence-corrected chi connectivity index (χ2v) is 2.57. The van der Waals surface area contributed by atoms with Crippen molar-refractivity contribution >= 4 is 0 Å². The Morgan fingerprint density at radius 2 is 1.83 bits per heavy atom. The van der Waals surface area contributed by atoms with Gasteiger partial charge in [-0.15, -0.1) is 0 Å². The van der Waals surface area contributed by atoms with E-state index in [-0.39, 0.29) is 0 Å². The quantitative estimate of drug-likeness (QED) is 0.432. The lowest BCUT2D eigenvalue weighted by molar-refractivity contribution is -0.353. The average molecular weight is 177 g/mol. The maximum atomic E-state index is 5.24. The van der Waals surface area contributed by atoms with Crippen molar-refractivity contribution in [2.24, 2.45) is 0 Å². The minimum Gasteiger partial charge on any atom is -0.332 e. The summed E-state index contributed by atoms with van der Waals surface area (Å²) in [5.74, 6) is 0. The summed E-state index contributed by atoms with van der Waals surface area (Å²) in [6.45, 7) is 2.43. The van der Waals surface area contributed by atoms with Gasteiger partial charge in [0.2, 0.25) is 0 Å². The van der Waals surface area contributed by atoms with Crippen molar-refractivity contribution in [2.45, 2.75) is 26.2 Å². The molecule has 0 heterocycles. The van der Waals surface area contributed by atoms with E-state index in [2.05, 4.69) is 6.92 Å². The van der Waals surface area contributed by atoms with Crippen LogP contribution in [0, 0.1) is 0 Å². The van der Waals surface area contributed by atoms with Gasteiger partial charge >= 0.3 is 0 Å². The number of unbranched alkanes of at least 4 members (excludes halogenated alkanes) is 1. The first-order chi connectivity index (χ1) is 5.74. The lowest BCUT2D eigenvalue weighted by Crippen LogP contribution is -2.29. The second-order valence-electron chi connectivity index (χ2n) is 2.57. The van der Waals surface area contributed by atoms with Crippen LogP contribution in [0.2, 0.25) is 0 Å². The summed E-state index contributed by atoms with van der Waals surface area (Å²) < 4.78 is 9.73. The maximum absolute atomic E-state index is 5.24. The van der Waals surface area contributed by atoms with Crippen molar-refractivity contribution in [1.29, 1.82) is 0 Å². The minimum absolute atomic E-state index is 0.591. The Labute approximate surface area is 74.3 Å². The number of ether oxygens (including phenoxy) is 2. The van der Waals surface area contributed by atoms with E-state index >= 15 is 0 Å². The van der Waals surface area contributed by atoms with Crippen LogP contribution in [0.3, 0.4) is 0 Å². The third-order valence-electron chi connectivity index (χ3n) is 1.48. The topological polar surface area (TPSA) is 30.9 Å². The minimum atomic E-state index is -0.591. The Morgan fingerprint density at radius 3 is 2.25 bits per heavy atom. The van der Waals surface area contributed by atoms with Crippen LogP contribution in [-0.2, 0) is 14.3 Å². The van der Waals surface area contributed by atoms with Gasteiger partial charge < -0.3 is 9.47 Å². The molecule has 0 spiro atoms. The third-order valence-corrected chi connectivity index (χ3v) is 1.48. The Morgan fingerprint density at radius 1 is 1.25 bits per heavy atom. The molecule has 0 unspecified atom stereocenters. The van der Waals surface area contributed by atoms with E-state index in [1.54, 1.807) is 19.3 Å². The summed E-state index contributed by atoms with van der Waals surface area (Å²) in [6, 6.07) is 0. The number of methoxy groups -OCH3 is 2. The maximum Gasteiger partial charge on any atom is 0.287 e. The third kappa shape index (κ3) is 5.49. The second kappa shape index (κ2) is 7.49. The fourth-order valence-corrected chi connectivity index (χ4v) is 0.763. The molecule has 74 valence electrons. The molecule has 0 atom stereocenters. The molecule has 4 heteroatoms. The van der Waals surface area contributed by atoms with E-state index in [9.17, 15) is 0 Å². The normalized spacial score (nSPS) is 11.5. The lowest BCUT2D eigenvalue weighted by atomic mass is 10.3. The van der Waals surface area contributed by atoms with E-state index in [0.29, 0.717) is 0 Å². The zero-order valence-corrected chi connectivity index (χ0v) is 8.37. The first kappa shape index (κ1) is 11.8. The molecular weight excluding hydrogens is 158 g/mol. The standard InChI is InChI=1S/C8H19NO3/c1-5-6-7-9(2)12-8(10-3)11-4/h8H,5-7H2,1-4H3. The summed E-state index contributed by atoms with van der Waals surface area (Å²) in [6.07, 6.45) is 2.26. The highest BCUT2D eigenvalue weighted by atomic mass is 16.9. The SMILES string of the molecule is CCCCN(C)OC(OC)OC. The van der Waals surface area contributed by atoms with Crippen molar-refractivity contribution in [1.82, 2.24) is 5.06 Å². The van der Waals surface area contributed by atoms with Gasteiger partial charge in [0.1, 0.15) is 0 Å². The van der Waals surface area contributed by atoms with E-state index in [4.69, 9.17) is 14.3 Å². The molecule has 0 aromatic carbocycles. The molecule has 0 amide bonds. The largest absolute Gasteiger partial charge is 0.332 e. The van der Waals surface area contributed by atoms with Gasteiger partial charge in [0.15, 0.2) is 0 Å². The van der Waals surface area contributed by atoms with Gasteiger partial charge in [-0.2, -0.15) is 5.06 Å². The molecule has 4 nitrogen and oxygen atoms in total. The van der Waals surface area contributed by atoms with Crippen molar-refractivity contribution in [3.05, 3.63) is 0 Å². The smallest absolute Gasteiger partial charge is 0.287 e. The van der Waals surface area contributed by atoms with E-state index in [1.165, 1.54) is 0 Å².